The molecule has 2 N–H and O–H groups in total. The highest BCUT2D eigenvalue weighted by Gasteiger charge is 2.21. The van der Waals surface area contributed by atoms with Crippen LogP contribution in [0.15, 0.2) is 17.8 Å². The fraction of sp³-hybridized carbons (Fsp3) is 0.364. The molecule has 2 heterocycles. The fourth-order valence-electron chi connectivity index (χ4n) is 1.19. The van der Waals surface area contributed by atoms with Gasteiger partial charge in [0.05, 0.1) is 5.39 Å². The highest BCUT2D eigenvalue weighted by molar-refractivity contribution is 7.16. The number of amides is 1. The molecule has 0 saturated heterocycles. The van der Waals surface area contributed by atoms with Crippen molar-refractivity contribution < 1.29 is 4.79 Å². The summed E-state index contributed by atoms with van der Waals surface area (Å²) in [5.41, 5.74) is 5.05. The van der Waals surface area contributed by atoms with Crippen molar-refractivity contribution in [2.45, 2.75) is 20.8 Å². The van der Waals surface area contributed by atoms with Crippen molar-refractivity contribution in [2.75, 3.05) is 5.43 Å². The summed E-state index contributed by atoms with van der Waals surface area (Å²) >= 11 is 1.54. The van der Waals surface area contributed by atoms with Gasteiger partial charge in [-0.05, 0) is 11.4 Å². The number of carbonyl (C=O) groups excluding carboxylic acids is 1. The van der Waals surface area contributed by atoms with Gasteiger partial charge in [0.1, 0.15) is 11.2 Å². The molecule has 0 atom stereocenters. The molecule has 0 radical (unpaired) electrons. The van der Waals surface area contributed by atoms with Gasteiger partial charge in [-0.3, -0.25) is 15.6 Å². The zero-order valence-corrected chi connectivity index (χ0v) is 10.8. The lowest BCUT2D eigenvalue weighted by Gasteiger charge is -2.18. The van der Waals surface area contributed by atoms with Crippen LogP contribution < -0.4 is 10.9 Å². The molecule has 0 aliphatic carbocycles. The van der Waals surface area contributed by atoms with Crippen LogP contribution in [-0.2, 0) is 4.79 Å². The third kappa shape index (κ3) is 2.52. The van der Waals surface area contributed by atoms with E-state index < -0.39 is 5.41 Å². The lowest BCUT2D eigenvalue weighted by molar-refractivity contribution is -0.127. The number of fused-ring (bicyclic) bond motifs is 1. The molecule has 0 unspecified atom stereocenters. The van der Waals surface area contributed by atoms with Gasteiger partial charge in [0.2, 0.25) is 5.91 Å². The summed E-state index contributed by atoms with van der Waals surface area (Å²) in [6, 6.07) is 1.92. The van der Waals surface area contributed by atoms with Crippen molar-refractivity contribution in [1.29, 1.82) is 0 Å². The minimum absolute atomic E-state index is 0.0838. The SMILES string of the molecule is CC(C)(C)C(=O)NNc1ncnc2sccc12. The molecule has 90 valence electrons. The van der Waals surface area contributed by atoms with E-state index in [-0.39, 0.29) is 5.91 Å². The number of thiophene rings is 1. The van der Waals surface area contributed by atoms with Gasteiger partial charge in [-0.25, -0.2) is 9.97 Å². The first-order valence-corrected chi connectivity index (χ1v) is 6.11. The van der Waals surface area contributed by atoms with Crippen molar-refractivity contribution in [2.24, 2.45) is 5.41 Å². The van der Waals surface area contributed by atoms with Crippen molar-refractivity contribution in [3.05, 3.63) is 17.8 Å². The summed E-state index contributed by atoms with van der Waals surface area (Å²) in [5, 5.41) is 2.85. The van der Waals surface area contributed by atoms with Crippen molar-refractivity contribution in [3.63, 3.8) is 0 Å². The Hall–Kier alpha value is -1.69. The molecule has 5 nitrogen and oxygen atoms in total. The molecule has 0 bridgehead atoms. The number of rotatable bonds is 2. The topological polar surface area (TPSA) is 66.9 Å². The van der Waals surface area contributed by atoms with Crippen LogP contribution in [0.4, 0.5) is 5.82 Å². The Labute approximate surface area is 103 Å². The van der Waals surface area contributed by atoms with E-state index in [1.807, 2.05) is 32.2 Å². The zero-order chi connectivity index (χ0) is 12.5. The monoisotopic (exact) mass is 250 g/mol. The second kappa shape index (κ2) is 4.29. The van der Waals surface area contributed by atoms with Crippen LogP contribution in [0.3, 0.4) is 0 Å². The Bertz CT molecular complexity index is 544. The highest BCUT2D eigenvalue weighted by atomic mass is 32.1. The molecule has 0 aliphatic heterocycles. The first kappa shape index (κ1) is 11.8. The van der Waals surface area contributed by atoms with Crippen molar-refractivity contribution in [3.8, 4) is 0 Å². The minimum Gasteiger partial charge on any atom is -0.281 e. The van der Waals surface area contributed by atoms with Gasteiger partial charge < -0.3 is 0 Å². The number of hydrogen-bond acceptors (Lipinski definition) is 5. The van der Waals surface area contributed by atoms with E-state index in [4.69, 9.17) is 0 Å². The summed E-state index contributed by atoms with van der Waals surface area (Å²) in [6.45, 7) is 5.55. The van der Waals surface area contributed by atoms with Crippen molar-refractivity contribution >= 4 is 33.3 Å². The Balaban J connectivity index is 2.14. The van der Waals surface area contributed by atoms with Gasteiger partial charge in [-0.2, -0.15) is 0 Å². The lowest BCUT2D eigenvalue weighted by Crippen LogP contribution is -2.38. The molecule has 2 aromatic heterocycles. The standard InChI is InChI=1S/C11H14N4OS/c1-11(2,3)10(16)15-14-8-7-4-5-17-9(7)13-6-12-8/h4-6H,1-3H3,(H,15,16)(H,12,13,14). The summed E-state index contributed by atoms with van der Waals surface area (Å²) in [5.74, 6) is 0.536. The highest BCUT2D eigenvalue weighted by Crippen LogP contribution is 2.23. The number of nitrogens with one attached hydrogen (secondary N) is 2. The molecule has 2 aromatic rings. The largest absolute Gasteiger partial charge is 0.281 e. The Morgan fingerprint density at radius 2 is 2.12 bits per heavy atom. The minimum atomic E-state index is -0.437. The molecule has 1 amide bonds. The van der Waals surface area contributed by atoms with E-state index >= 15 is 0 Å². The summed E-state index contributed by atoms with van der Waals surface area (Å²) in [7, 11) is 0. The summed E-state index contributed by atoms with van der Waals surface area (Å²) in [6.07, 6.45) is 1.48. The fourth-order valence-corrected chi connectivity index (χ4v) is 1.93. The number of aromatic nitrogens is 2. The third-order valence-corrected chi connectivity index (χ3v) is 3.06. The van der Waals surface area contributed by atoms with E-state index in [1.165, 1.54) is 17.7 Å². The normalized spacial score (nSPS) is 11.5. The molecule has 0 spiro atoms. The maximum Gasteiger partial charge on any atom is 0.243 e. The Morgan fingerprint density at radius 1 is 1.35 bits per heavy atom. The van der Waals surface area contributed by atoms with Gasteiger partial charge in [0, 0.05) is 5.41 Å². The van der Waals surface area contributed by atoms with Gasteiger partial charge >= 0.3 is 0 Å². The molecule has 6 heteroatoms. The maximum absolute atomic E-state index is 11.7. The average molecular weight is 250 g/mol. The predicted molar refractivity (Wildman–Crippen MR) is 68.6 cm³/mol. The van der Waals surface area contributed by atoms with Gasteiger partial charge in [-0.1, -0.05) is 20.8 Å². The van der Waals surface area contributed by atoms with E-state index in [9.17, 15) is 4.79 Å². The van der Waals surface area contributed by atoms with Crippen LogP contribution in [0.2, 0.25) is 0 Å². The smallest absolute Gasteiger partial charge is 0.243 e. The second-order valence-corrected chi connectivity index (χ2v) is 5.59. The number of hydrazine groups is 1. The number of hydrogen-bond donors (Lipinski definition) is 2. The summed E-state index contributed by atoms with van der Waals surface area (Å²) in [4.78, 5) is 20.8. The number of carbonyl (C=O) groups is 1. The molecule has 17 heavy (non-hydrogen) atoms. The van der Waals surface area contributed by atoms with Crippen LogP contribution >= 0.6 is 11.3 Å². The summed E-state index contributed by atoms with van der Waals surface area (Å²) < 4.78 is 0. The third-order valence-electron chi connectivity index (χ3n) is 2.24. The van der Waals surface area contributed by atoms with Crippen LogP contribution in [-0.4, -0.2) is 15.9 Å². The van der Waals surface area contributed by atoms with Crippen LogP contribution in [0.5, 0.6) is 0 Å². The van der Waals surface area contributed by atoms with E-state index in [0.717, 1.165) is 10.2 Å². The molecular formula is C11H14N4OS. The number of nitrogens with zero attached hydrogens (tertiary/aromatic N) is 2. The second-order valence-electron chi connectivity index (χ2n) is 4.69. The maximum atomic E-state index is 11.7. The first-order chi connectivity index (χ1) is 7.98. The predicted octanol–water partition coefficient (Wildman–Crippen LogP) is 2.18. The van der Waals surface area contributed by atoms with Gasteiger partial charge in [-0.15, -0.1) is 11.3 Å². The first-order valence-electron chi connectivity index (χ1n) is 5.23. The quantitative estimate of drug-likeness (QED) is 0.802. The van der Waals surface area contributed by atoms with Crippen LogP contribution in [0.25, 0.3) is 10.2 Å². The molecule has 2 rings (SSSR count). The van der Waals surface area contributed by atoms with E-state index in [0.29, 0.717) is 5.82 Å². The van der Waals surface area contributed by atoms with E-state index in [2.05, 4.69) is 20.8 Å². The van der Waals surface area contributed by atoms with E-state index in [1.54, 1.807) is 0 Å². The van der Waals surface area contributed by atoms with Crippen LogP contribution in [0, 0.1) is 5.41 Å². The van der Waals surface area contributed by atoms with Gasteiger partial charge in [0.25, 0.3) is 0 Å². The zero-order valence-electron chi connectivity index (χ0n) is 9.94. The molecule has 0 aliphatic rings. The molecule has 0 saturated carbocycles. The Morgan fingerprint density at radius 3 is 2.82 bits per heavy atom. The molecule has 0 fully saturated rings. The lowest BCUT2D eigenvalue weighted by atomic mass is 9.96. The van der Waals surface area contributed by atoms with Crippen LogP contribution in [0.1, 0.15) is 20.8 Å². The van der Waals surface area contributed by atoms with Crippen molar-refractivity contribution in [1.82, 2.24) is 15.4 Å². The number of anilines is 1. The average Bonchev–Trinajstić information content (AvgIpc) is 2.72. The van der Waals surface area contributed by atoms with Gasteiger partial charge in [0.15, 0.2) is 5.82 Å². The Kier molecular flexibility index (Phi) is 2.97. The molecular weight excluding hydrogens is 236 g/mol. The molecule has 0 aromatic carbocycles.